The van der Waals surface area contributed by atoms with Crippen molar-refractivity contribution in [2.24, 2.45) is 10.2 Å². The Balaban J connectivity index is 2.20. The summed E-state index contributed by atoms with van der Waals surface area (Å²) >= 11 is 2.93. The standard InChI is InChI=1S/C19H13BrN4O8S/c1-9(20)19(27)21-11-3-2-10-6-16(33(30,31)32)17(18(26)13(10)7-11)23-22-14-8-12(24(28)29)4-5-15(14)25/h2-8,25-26H,1H2,(H,21,27)(H,30,31,32). The van der Waals surface area contributed by atoms with Gasteiger partial charge in [-0.05, 0) is 45.6 Å². The van der Waals surface area contributed by atoms with Crippen LogP contribution in [0.2, 0.25) is 0 Å². The highest BCUT2D eigenvalue weighted by molar-refractivity contribution is 9.12. The van der Waals surface area contributed by atoms with E-state index in [-0.39, 0.29) is 26.6 Å². The molecular weight excluding hydrogens is 524 g/mol. The summed E-state index contributed by atoms with van der Waals surface area (Å²) in [5, 5.41) is 41.4. The molecule has 0 spiro atoms. The van der Waals surface area contributed by atoms with E-state index in [4.69, 9.17) is 0 Å². The molecule has 4 N–H and O–H groups in total. The number of azo groups is 1. The molecule has 0 heterocycles. The molecule has 33 heavy (non-hydrogen) atoms. The Labute approximate surface area is 193 Å². The van der Waals surface area contributed by atoms with Crippen LogP contribution in [0.5, 0.6) is 11.5 Å². The van der Waals surface area contributed by atoms with Crippen LogP contribution < -0.4 is 5.32 Å². The monoisotopic (exact) mass is 536 g/mol. The first kappa shape index (κ1) is 23.8. The fourth-order valence-corrected chi connectivity index (χ4v) is 3.48. The average Bonchev–Trinajstić information content (AvgIpc) is 2.73. The normalized spacial score (nSPS) is 11.6. The molecule has 0 aliphatic heterocycles. The van der Waals surface area contributed by atoms with E-state index >= 15 is 0 Å². The van der Waals surface area contributed by atoms with Gasteiger partial charge in [0, 0.05) is 23.2 Å². The van der Waals surface area contributed by atoms with E-state index in [9.17, 15) is 38.1 Å². The topological polar surface area (TPSA) is 192 Å². The number of nitrogens with one attached hydrogen (secondary N) is 1. The second-order valence-corrected chi connectivity index (χ2v) is 8.82. The van der Waals surface area contributed by atoms with Crippen molar-refractivity contribution in [1.82, 2.24) is 0 Å². The minimum Gasteiger partial charge on any atom is -0.506 e. The number of amides is 1. The van der Waals surface area contributed by atoms with Crippen molar-refractivity contribution >= 4 is 65.5 Å². The van der Waals surface area contributed by atoms with Crippen molar-refractivity contribution < 1.29 is 32.9 Å². The molecular formula is C19H13BrN4O8S. The summed E-state index contributed by atoms with van der Waals surface area (Å²) in [6, 6.07) is 8.02. The van der Waals surface area contributed by atoms with Crippen LogP contribution in [0.15, 0.2) is 68.6 Å². The van der Waals surface area contributed by atoms with Gasteiger partial charge in [0.15, 0.2) is 5.75 Å². The van der Waals surface area contributed by atoms with Crippen LogP contribution in [0.4, 0.5) is 22.7 Å². The molecule has 0 atom stereocenters. The SMILES string of the molecule is C=C(Br)C(=O)Nc1ccc2cc(S(=O)(=O)O)c(N=Nc3cc([N+](=O)[O-])ccc3O)c(O)c2c1. The summed E-state index contributed by atoms with van der Waals surface area (Å²) in [5.74, 6) is -1.79. The van der Waals surface area contributed by atoms with E-state index in [1.807, 2.05) is 0 Å². The van der Waals surface area contributed by atoms with Gasteiger partial charge in [0.05, 0.1) is 9.41 Å². The third kappa shape index (κ3) is 5.14. The molecule has 0 aromatic heterocycles. The van der Waals surface area contributed by atoms with E-state index in [1.54, 1.807) is 0 Å². The Morgan fingerprint density at radius 3 is 2.42 bits per heavy atom. The van der Waals surface area contributed by atoms with Crippen LogP contribution in [0, 0.1) is 10.1 Å². The first-order valence-electron chi connectivity index (χ1n) is 8.70. The maximum atomic E-state index is 11.9. The number of phenolic OH excluding ortho intramolecular Hbond substituents is 2. The Bertz CT molecular complexity index is 1470. The highest BCUT2D eigenvalue weighted by Gasteiger charge is 2.23. The number of fused-ring (bicyclic) bond motifs is 1. The lowest BCUT2D eigenvalue weighted by molar-refractivity contribution is -0.384. The second kappa shape index (κ2) is 8.93. The van der Waals surface area contributed by atoms with Crippen molar-refractivity contribution in [1.29, 1.82) is 0 Å². The third-order valence-corrected chi connectivity index (χ3v) is 5.49. The molecule has 0 unspecified atom stereocenters. The van der Waals surface area contributed by atoms with E-state index in [0.29, 0.717) is 0 Å². The van der Waals surface area contributed by atoms with E-state index in [2.05, 4.69) is 38.1 Å². The summed E-state index contributed by atoms with van der Waals surface area (Å²) in [4.78, 5) is 21.2. The molecule has 0 bridgehead atoms. The second-order valence-electron chi connectivity index (χ2n) is 6.47. The fourth-order valence-electron chi connectivity index (χ4n) is 2.72. The Morgan fingerprint density at radius 1 is 1.12 bits per heavy atom. The van der Waals surface area contributed by atoms with Crippen molar-refractivity contribution in [3.8, 4) is 11.5 Å². The van der Waals surface area contributed by atoms with E-state index in [0.717, 1.165) is 24.3 Å². The van der Waals surface area contributed by atoms with Gasteiger partial charge in [-0.15, -0.1) is 10.2 Å². The molecule has 0 aliphatic rings. The summed E-state index contributed by atoms with van der Waals surface area (Å²) in [6.45, 7) is 3.43. The predicted octanol–water partition coefficient (Wildman–Crippen LogP) is 4.67. The Hall–Kier alpha value is -3.88. The Morgan fingerprint density at radius 2 is 1.82 bits per heavy atom. The average molecular weight is 537 g/mol. The number of carbonyl (C=O) groups is 1. The lowest BCUT2D eigenvalue weighted by Gasteiger charge is -2.11. The maximum Gasteiger partial charge on any atom is 0.296 e. The van der Waals surface area contributed by atoms with Gasteiger partial charge in [0.1, 0.15) is 22.0 Å². The number of aromatic hydroxyl groups is 2. The number of nitro benzene ring substituents is 1. The molecule has 0 saturated heterocycles. The van der Waals surface area contributed by atoms with Gasteiger partial charge in [-0.2, -0.15) is 8.42 Å². The van der Waals surface area contributed by atoms with Crippen LogP contribution in [0.25, 0.3) is 10.8 Å². The number of non-ortho nitro benzene ring substituents is 1. The zero-order valence-electron chi connectivity index (χ0n) is 16.3. The summed E-state index contributed by atoms with van der Waals surface area (Å²) in [5.41, 5.74) is -1.28. The van der Waals surface area contributed by atoms with E-state index < -0.39 is 48.7 Å². The van der Waals surface area contributed by atoms with Crippen molar-refractivity contribution in [3.05, 3.63) is 63.6 Å². The summed E-state index contributed by atoms with van der Waals surface area (Å²) in [7, 11) is -4.90. The maximum absolute atomic E-state index is 11.9. The number of rotatable bonds is 6. The zero-order chi connectivity index (χ0) is 24.5. The van der Waals surface area contributed by atoms with Crippen LogP contribution >= 0.6 is 15.9 Å². The van der Waals surface area contributed by atoms with Crippen LogP contribution in [-0.4, -0.2) is 34.0 Å². The molecule has 3 aromatic carbocycles. The van der Waals surface area contributed by atoms with Crippen LogP contribution in [-0.2, 0) is 14.9 Å². The fraction of sp³-hybridized carbons (Fsp3) is 0. The minimum atomic E-state index is -4.90. The summed E-state index contributed by atoms with van der Waals surface area (Å²) in [6.07, 6.45) is 0. The number of halogens is 1. The lowest BCUT2D eigenvalue weighted by Crippen LogP contribution is -2.10. The number of phenols is 2. The Kier molecular flexibility index (Phi) is 6.44. The molecule has 0 saturated carbocycles. The van der Waals surface area contributed by atoms with Gasteiger partial charge in [-0.25, -0.2) is 0 Å². The number of nitrogens with zero attached hydrogens (tertiary/aromatic N) is 3. The van der Waals surface area contributed by atoms with Gasteiger partial charge >= 0.3 is 0 Å². The molecule has 3 aromatic rings. The highest BCUT2D eigenvalue weighted by atomic mass is 79.9. The molecule has 12 nitrogen and oxygen atoms in total. The zero-order valence-corrected chi connectivity index (χ0v) is 18.7. The van der Waals surface area contributed by atoms with Crippen molar-refractivity contribution in [2.45, 2.75) is 4.90 Å². The quantitative estimate of drug-likeness (QED) is 0.115. The molecule has 170 valence electrons. The number of hydrogen-bond acceptors (Lipinski definition) is 9. The van der Waals surface area contributed by atoms with Crippen molar-refractivity contribution in [3.63, 3.8) is 0 Å². The predicted molar refractivity (Wildman–Crippen MR) is 121 cm³/mol. The smallest absolute Gasteiger partial charge is 0.296 e. The van der Waals surface area contributed by atoms with Crippen LogP contribution in [0.3, 0.4) is 0 Å². The molecule has 1 amide bonds. The van der Waals surface area contributed by atoms with Crippen LogP contribution in [0.1, 0.15) is 0 Å². The van der Waals surface area contributed by atoms with E-state index in [1.165, 1.54) is 18.2 Å². The van der Waals surface area contributed by atoms with Gasteiger partial charge in [0.25, 0.3) is 21.7 Å². The molecule has 0 radical (unpaired) electrons. The molecule has 14 heteroatoms. The largest absolute Gasteiger partial charge is 0.506 e. The first-order chi connectivity index (χ1) is 15.4. The summed E-state index contributed by atoms with van der Waals surface area (Å²) < 4.78 is 33.4. The molecule has 0 fully saturated rings. The van der Waals surface area contributed by atoms with Gasteiger partial charge in [0.2, 0.25) is 0 Å². The first-order valence-corrected chi connectivity index (χ1v) is 10.9. The number of anilines is 1. The number of benzene rings is 3. The lowest BCUT2D eigenvalue weighted by atomic mass is 10.1. The van der Waals surface area contributed by atoms with Gasteiger partial charge < -0.3 is 15.5 Å². The van der Waals surface area contributed by atoms with Gasteiger partial charge in [-0.3, -0.25) is 19.5 Å². The highest BCUT2D eigenvalue weighted by Crippen LogP contribution is 2.43. The van der Waals surface area contributed by atoms with Crippen molar-refractivity contribution in [2.75, 3.05) is 5.32 Å². The number of hydrogen-bond donors (Lipinski definition) is 4. The third-order valence-electron chi connectivity index (χ3n) is 4.26. The molecule has 0 aliphatic carbocycles. The molecule has 3 rings (SSSR count). The van der Waals surface area contributed by atoms with Gasteiger partial charge in [-0.1, -0.05) is 12.6 Å². The number of nitro groups is 1. The number of carbonyl (C=O) groups excluding carboxylic acids is 1. The minimum absolute atomic E-state index is 0.0394.